The number of ketones is 1. The van der Waals surface area contributed by atoms with Gasteiger partial charge in [-0.3, -0.25) is 9.78 Å². The zero-order valence-electron chi connectivity index (χ0n) is 10.9. The van der Waals surface area contributed by atoms with Gasteiger partial charge in [-0.05, 0) is 30.9 Å². The molecule has 0 radical (unpaired) electrons. The molecule has 2 unspecified atom stereocenters. The van der Waals surface area contributed by atoms with Crippen LogP contribution in [-0.2, 0) is 21.1 Å². The van der Waals surface area contributed by atoms with Crippen molar-refractivity contribution in [1.82, 2.24) is 4.98 Å². The molecule has 19 heavy (non-hydrogen) atoms. The van der Waals surface area contributed by atoms with Gasteiger partial charge in [-0.2, -0.15) is 0 Å². The van der Waals surface area contributed by atoms with Gasteiger partial charge in [0, 0.05) is 12.5 Å². The minimum atomic E-state index is -3.08. The Bertz CT molecular complexity index is 583. The summed E-state index contributed by atoms with van der Waals surface area (Å²) in [5, 5.41) is 0. The number of hydrogen-bond donors (Lipinski definition) is 1. The topological polar surface area (TPSA) is 90.1 Å². The summed E-state index contributed by atoms with van der Waals surface area (Å²) in [6.45, 7) is 0. The van der Waals surface area contributed by atoms with E-state index in [4.69, 9.17) is 5.73 Å². The standard InChI is InChI=1S/C13H18N2O3S/c1-19(17,18)8-6-11(14)13(16)10-5-4-9-3-2-7-15-12(9)10/h2-3,7,10-11H,4-6,8,14H2,1H3. The molecule has 1 heterocycles. The Hall–Kier alpha value is -1.27. The van der Waals surface area contributed by atoms with Crippen LogP contribution < -0.4 is 5.73 Å². The molecule has 2 N–H and O–H groups in total. The number of fused-ring (bicyclic) bond motifs is 1. The first-order valence-corrected chi connectivity index (χ1v) is 8.35. The molecule has 2 atom stereocenters. The summed E-state index contributed by atoms with van der Waals surface area (Å²) in [4.78, 5) is 16.5. The van der Waals surface area contributed by atoms with Gasteiger partial charge in [0.1, 0.15) is 9.84 Å². The van der Waals surface area contributed by atoms with Crippen molar-refractivity contribution in [1.29, 1.82) is 0 Å². The van der Waals surface area contributed by atoms with Gasteiger partial charge in [0.15, 0.2) is 5.78 Å². The molecule has 0 fully saturated rings. The number of aromatic nitrogens is 1. The average Bonchev–Trinajstić information content (AvgIpc) is 2.78. The fourth-order valence-corrected chi connectivity index (χ4v) is 3.11. The van der Waals surface area contributed by atoms with Crippen molar-refractivity contribution in [3.05, 3.63) is 29.6 Å². The number of nitrogens with zero attached hydrogens (tertiary/aromatic N) is 1. The second-order valence-electron chi connectivity index (χ2n) is 5.07. The summed E-state index contributed by atoms with van der Waals surface area (Å²) in [7, 11) is -3.08. The van der Waals surface area contributed by atoms with Gasteiger partial charge in [-0.1, -0.05) is 6.07 Å². The van der Waals surface area contributed by atoms with E-state index >= 15 is 0 Å². The van der Waals surface area contributed by atoms with Gasteiger partial charge in [-0.25, -0.2) is 8.42 Å². The van der Waals surface area contributed by atoms with E-state index in [-0.39, 0.29) is 23.9 Å². The molecule has 0 saturated carbocycles. The van der Waals surface area contributed by atoms with Crippen LogP contribution in [0.15, 0.2) is 18.3 Å². The lowest BCUT2D eigenvalue weighted by Gasteiger charge is -2.15. The lowest BCUT2D eigenvalue weighted by molar-refractivity contribution is -0.121. The Kier molecular flexibility index (Phi) is 4.01. The predicted octanol–water partition coefficient (Wildman–Crippen LogP) is 0.443. The lowest BCUT2D eigenvalue weighted by Crippen LogP contribution is -2.35. The van der Waals surface area contributed by atoms with Gasteiger partial charge >= 0.3 is 0 Å². The molecular formula is C13H18N2O3S. The zero-order chi connectivity index (χ0) is 14.0. The first-order valence-electron chi connectivity index (χ1n) is 6.29. The van der Waals surface area contributed by atoms with Gasteiger partial charge in [0.05, 0.1) is 23.4 Å². The van der Waals surface area contributed by atoms with Crippen LogP contribution in [0.1, 0.15) is 30.0 Å². The van der Waals surface area contributed by atoms with Crippen LogP contribution >= 0.6 is 0 Å². The van der Waals surface area contributed by atoms with Crippen LogP contribution in [0.2, 0.25) is 0 Å². The number of sulfone groups is 1. The maximum absolute atomic E-state index is 12.3. The lowest BCUT2D eigenvalue weighted by atomic mass is 9.95. The van der Waals surface area contributed by atoms with Crippen molar-refractivity contribution in [3.8, 4) is 0 Å². The third-order valence-corrected chi connectivity index (χ3v) is 4.44. The Balaban J connectivity index is 2.05. The molecule has 0 bridgehead atoms. The fraction of sp³-hybridized carbons (Fsp3) is 0.538. The molecule has 1 aromatic rings. The van der Waals surface area contributed by atoms with Gasteiger partial charge in [0.25, 0.3) is 0 Å². The smallest absolute Gasteiger partial charge is 0.158 e. The molecule has 1 aliphatic carbocycles. The van der Waals surface area contributed by atoms with Crippen LogP contribution in [0.5, 0.6) is 0 Å². The second-order valence-corrected chi connectivity index (χ2v) is 7.33. The van der Waals surface area contributed by atoms with E-state index < -0.39 is 15.9 Å². The van der Waals surface area contributed by atoms with Crippen LogP contribution in [0.4, 0.5) is 0 Å². The minimum Gasteiger partial charge on any atom is -0.321 e. The highest BCUT2D eigenvalue weighted by molar-refractivity contribution is 7.90. The first kappa shape index (κ1) is 14.1. The SMILES string of the molecule is CS(=O)(=O)CCC(N)C(=O)C1CCc2cccnc21. The monoisotopic (exact) mass is 282 g/mol. The summed E-state index contributed by atoms with van der Waals surface area (Å²) in [5.41, 5.74) is 7.72. The van der Waals surface area contributed by atoms with Crippen molar-refractivity contribution >= 4 is 15.6 Å². The van der Waals surface area contributed by atoms with E-state index in [1.54, 1.807) is 6.20 Å². The third kappa shape index (κ3) is 3.39. The highest BCUT2D eigenvalue weighted by Crippen LogP contribution is 2.32. The number of nitrogens with two attached hydrogens (primary N) is 1. The van der Waals surface area contributed by atoms with E-state index in [2.05, 4.69) is 4.98 Å². The first-order chi connectivity index (χ1) is 8.88. The molecule has 1 aliphatic rings. The number of carbonyl (C=O) groups is 1. The summed E-state index contributed by atoms with van der Waals surface area (Å²) >= 11 is 0. The quantitative estimate of drug-likeness (QED) is 0.846. The van der Waals surface area contributed by atoms with Crippen molar-refractivity contribution in [2.24, 2.45) is 5.73 Å². The van der Waals surface area contributed by atoms with Crippen molar-refractivity contribution < 1.29 is 13.2 Å². The highest BCUT2D eigenvalue weighted by atomic mass is 32.2. The largest absolute Gasteiger partial charge is 0.321 e. The Labute approximate surface area is 113 Å². The molecule has 6 heteroatoms. The summed E-state index contributed by atoms with van der Waals surface area (Å²) in [6.07, 6.45) is 4.55. The van der Waals surface area contributed by atoms with Gasteiger partial charge < -0.3 is 5.73 Å². The number of pyridine rings is 1. The van der Waals surface area contributed by atoms with Crippen molar-refractivity contribution in [2.45, 2.75) is 31.2 Å². The van der Waals surface area contributed by atoms with Gasteiger partial charge in [0.2, 0.25) is 0 Å². The van der Waals surface area contributed by atoms with Gasteiger partial charge in [-0.15, -0.1) is 0 Å². The number of aryl methyl sites for hydroxylation is 1. The van der Waals surface area contributed by atoms with Crippen LogP contribution in [0, 0.1) is 0 Å². The fourth-order valence-electron chi connectivity index (χ4n) is 2.43. The van der Waals surface area contributed by atoms with E-state index in [1.807, 2.05) is 12.1 Å². The molecule has 5 nitrogen and oxygen atoms in total. The van der Waals surface area contributed by atoms with Crippen LogP contribution in [-0.4, -0.2) is 37.2 Å². The Morgan fingerprint density at radius 1 is 1.58 bits per heavy atom. The zero-order valence-corrected chi connectivity index (χ0v) is 11.7. The molecule has 2 rings (SSSR count). The normalized spacial score (nSPS) is 20.0. The number of Topliss-reactive ketones (excluding diaryl/α,β-unsaturated/α-hetero) is 1. The van der Waals surface area contributed by atoms with Crippen molar-refractivity contribution in [3.63, 3.8) is 0 Å². The molecule has 0 amide bonds. The minimum absolute atomic E-state index is 0.0539. The number of hydrogen-bond acceptors (Lipinski definition) is 5. The molecule has 0 saturated heterocycles. The molecule has 0 spiro atoms. The maximum Gasteiger partial charge on any atom is 0.158 e. The van der Waals surface area contributed by atoms with E-state index in [0.717, 1.165) is 30.4 Å². The van der Waals surface area contributed by atoms with Crippen LogP contribution in [0.3, 0.4) is 0 Å². The highest BCUT2D eigenvalue weighted by Gasteiger charge is 2.32. The Morgan fingerprint density at radius 2 is 2.32 bits per heavy atom. The molecule has 104 valence electrons. The van der Waals surface area contributed by atoms with Crippen molar-refractivity contribution in [2.75, 3.05) is 12.0 Å². The molecular weight excluding hydrogens is 264 g/mol. The summed E-state index contributed by atoms with van der Waals surface area (Å²) in [5.74, 6) is -0.423. The van der Waals surface area contributed by atoms with Crippen LogP contribution in [0.25, 0.3) is 0 Å². The summed E-state index contributed by atoms with van der Waals surface area (Å²) in [6, 6.07) is 3.10. The Morgan fingerprint density at radius 3 is 3.00 bits per heavy atom. The molecule has 0 aromatic carbocycles. The summed E-state index contributed by atoms with van der Waals surface area (Å²) < 4.78 is 22.2. The van der Waals surface area contributed by atoms with E-state index in [1.165, 1.54) is 0 Å². The second kappa shape index (κ2) is 5.38. The third-order valence-electron chi connectivity index (χ3n) is 3.47. The predicted molar refractivity (Wildman–Crippen MR) is 72.6 cm³/mol. The number of carbonyl (C=O) groups excluding carboxylic acids is 1. The maximum atomic E-state index is 12.3. The van der Waals surface area contributed by atoms with E-state index in [9.17, 15) is 13.2 Å². The molecule has 0 aliphatic heterocycles. The number of rotatable bonds is 5. The molecule has 1 aromatic heterocycles. The average molecular weight is 282 g/mol. The van der Waals surface area contributed by atoms with E-state index in [0.29, 0.717) is 0 Å².